The van der Waals surface area contributed by atoms with Crippen LogP contribution in [0.1, 0.15) is 18.7 Å². The SMILES string of the molecule is CC(N)C(c1ccco1)N(C)CC(F)F. The van der Waals surface area contributed by atoms with E-state index in [1.807, 2.05) is 0 Å². The Morgan fingerprint density at radius 3 is 2.60 bits per heavy atom. The molecule has 0 fully saturated rings. The molecule has 86 valence electrons. The second-order valence-electron chi connectivity index (χ2n) is 3.65. The number of nitrogens with zero attached hydrogens (tertiary/aromatic N) is 1. The average Bonchev–Trinajstić information content (AvgIpc) is 2.54. The Morgan fingerprint density at radius 2 is 2.20 bits per heavy atom. The van der Waals surface area contributed by atoms with Crippen LogP contribution in [-0.4, -0.2) is 31.0 Å². The lowest BCUT2D eigenvalue weighted by Crippen LogP contribution is -2.39. The molecule has 0 bridgehead atoms. The first-order valence-electron chi connectivity index (χ1n) is 4.79. The predicted molar refractivity (Wildman–Crippen MR) is 53.7 cm³/mol. The fraction of sp³-hybridized carbons (Fsp3) is 0.600. The zero-order valence-corrected chi connectivity index (χ0v) is 8.86. The van der Waals surface area contributed by atoms with Gasteiger partial charge in [0.2, 0.25) is 0 Å². The van der Waals surface area contributed by atoms with Gasteiger partial charge in [0.05, 0.1) is 18.8 Å². The first-order valence-corrected chi connectivity index (χ1v) is 4.79. The van der Waals surface area contributed by atoms with Gasteiger partial charge in [0.25, 0.3) is 6.43 Å². The molecular weight excluding hydrogens is 202 g/mol. The van der Waals surface area contributed by atoms with Gasteiger partial charge in [-0.1, -0.05) is 0 Å². The topological polar surface area (TPSA) is 42.4 Å². The lowest BCUT2D eigenvalue weighted by Gasteiger charge is -2.28. The lowest BCUT2D eigenvalue weighted by atomic mass is 10.1. The van der Waals surface area contributed by atoms with Crippen molar-refractivity contribution in [2.45, 2.75) is 25.4 Å². The highest BCUT2D eigenvalue weighted by molar-refractivity contribution is 5.07. The molecule has 1 rings (SSSR count). The number of hydrogen-bond donors (Lipinski definition) is 1. The summed E-state index contributed by atoms with van der Waals surface area (Å²) in [6, 6.07) is 2.89. The van der Waals surface area contributed by atoms with E-state index in [1.54, 1.807) is 26.1 Å². The lowest BCUT2D eigenvalue weighted by molar-refractivity contribution is 0.0695. The van der Waals surface area contributed by atoms with E-state index in [4.69, 9.17) is 10.2 Å². The molecule has 0 aliphatic rings. The second kappa shape index (κ2) is 5.23. The Hall–Kier alpha value is -0.940. The Kier molecular flexibility index (Phi) is 4.23. The van der Waals surface area contributed by atoms with Crippen molar-refractivity contribution >= 4 is 0 Å². The van der Waals surface area contributed by atoms with Gasteiger partial charge in [0, 0.05) is 6.04 Å². The number of furan rings is 1. The van der Waals surface area contributed by atoms with Crippen molar-refractivity contribution < 1.29 is 13.2 Å². The minimum atomic E-state index is -2.37. The monoisotopic (exact) mass is 218 g/mol. The summed E-state index contributed by atoms with van der Waals surface area (Å²) in [5.74, 6) is 0.619. The molecule has 5 heteroatoms. The highest BCUT2D eigenvalue weighted by Gasteiger charge is 2.25. The predicted octanol–water partition coefficient (Wildman–Crippen LogP) is 1.86. The van der Waals surface area contributed by atoms with Gasteiger partial charge in [-0.2, -0.15) is 0 Å². The van der Waals surface area contributed by atoms with Crippen LogP contribution in [0.3, 0.4) is 0 Å². The summed E-state index contributed by atoms with van der Waals surface area (Å²) >= 11 is 0. The molecule has 0 radical (unpaired) electrons. The molecule has 1 heterocycles. The summed E-state index contributed by atoms with van der Waals surface area (Å²) < 4.78 is 29.7. The second-order valence-corrected chi connectivity index (χ2v) is 3.65. The van der Waals surface area contributed by atoms with E-state index in [9.17, 15) is 8.78 Å². The maximum Gasteiger partial charge on any atom is 0.251 e. The Bertz CT molecular complexity index is 275. The van der Waals surface area contributed by atoms with Crippen molar-refractivity contribution in [1.82, 2.24) is 4.90 Å². The number of alkyl halides is 2. The fourth-order valence-electron chi connectivity index (χ4n) is 1.67. The molecule has 1 aromatic heterocycles. The number of hydrogen-bond acceptors (Lipinski definition) is 3. The number of likely N-dealkylation sites (N-methyl/N-ethyl adjacent to an activating group) is 1. The molecular formula is C10H16F2N2O. The highest BCUT2D eigenvalue weighted by Crippen LogP contribution is 2.23. The average molecular weight is 218 g/mol. The summed E-state index contributed by atoms with van der Waals surface area (Å²) in [7, 11) is 1.61. The van der Waals surface area contributed by atoms with Gasteiger partial charge >= 0.3 is 0 Å². The highest BCUT2D eigenvalue weighted by atomic mass is 19.3. The van der Waals surface area contributed by atoms with Crippen molar-refractivity contribution in [2.24, 2.45) is 5.73 Å². The molecule has 0 aliphatic heterocycles. The van der Waals surface area contributed by atoms with E-state index >= 15 is 0 Å². The van der Waals surface area contributed by atoms with Crippen LogP contribution >= 0.6 is 0 Å². The molecule has 0 aromatic carbocycles. The van der Waals surface area contributed by atoms with Gasteiger partial charge < -0.3 is 10.2 Å². The van der Waals surface area contributed by atoms with Gasteiger partial charge in [-0.15, -0.1) is 0 Å². The molecule has 3 nitrogen and oxygen atoms in total. The van der Waals surface area contributed by atoms with E-state index in [-0.39, 0.29) is 18.6 Å². The maximum atomic E-state index is 12.2. The summed E-state index contributed by atoms with van der Waals surface area (Å²) in [4.78, 5) is 1.51. The van der Waals surface area contributed by atoms with Gasteiger partial charge in [0.15, 0.2) is 0 Å². The van der Waals surface area contributed by atoms with E-state index in [2.05, 4.69) is 0 Å². The fourth-order valence-corrected chi connectivity index (χ4v) is 1.67. The molecule has 2 atom stereocenters. The van der Waals surface area contributed by atoms with E-state index in [0.717, 1.165) is 0 Å². The van der Waals surface area contributed by atoms with Gasteiger partial charge in [0.1, 0.15) is 5.76 Å². The first-order chi connectivity index (χ1) is 7.02. The quantitative estimate of drug-likeness (QED) is 0.820. The van der Waals surface area contributed by atoms with Crippen LogP contribution in [0.2, 0.25) is 0 Å². The van der Waals surface area contributed by atoms with Crippen LogP contribution in [0.25, 0.3) is 0 Å². The zero-order chi connectivity index (χ0) is 11.4. The standard InChI is InChI=1S/C10H16F2N2O/c1-7(13)10(8-4-3-5-15-8)14(2)6-9(11)12/h3-5,7,9-10H,6,13H2,1-2H3. The molecule has 1 aromatic rings. The number of rotatable bonds is 5. The van der Waals surface area contributed by atoms with E-state index in [1.165, 1.54) is 11.2 Å². The normalized spacial score (nSPS) is 15.9. The molecule has 2 unspecified atom stereocenters. The number of halogens is 2. The smallest absolute Gasteiger partial charge is 0.251 e. The van der Waals surface area contributed by atoms with Crippen molar-refractivity contribution in [1.29, 1.82) is 0 Å². The molecule has 15 heavy (non-hydrogen) atoms. The largest absolute Gasteiger partial charge is 0.468 e. The van der Waals surface area contributed by atoms with Crippen LogP contribution in [0, 0.1) is 0 Å². The Balaban J connectivity index is 2.74. The van der Waals surface area contributed by atoms with E-state index < -0.39 is 6.43 Å². The van der Waals surface area contributed by atoms with Crippen LogP contribution in [0.5, 0.6) is 0 Å². The van der Waals surface area contributed by atoms with Crippen LogP contribution in [-0.2, 0) is 0 Å². The van der Waals surface area contributed by atoms with Crippen LogP contribution in [0.4, 0.5) is 8.78 Å². The molecule has 0 saturated heterocycles. The van der Waals surface area contributed by atoms with Crippen molar-refractivity contribution in [2.75, 3.05) is 13.6 Å². The van der Waals surface area contributed by atoms with Gasteiger partial charge in [-0.25, -0.2) is 8.78 Å². The minimum Gasteiger partial charge on any atom is -0.468 e. The van der Waals surface area contributed by atoms with E-state index in [0.29, 0.717) is 5.76 Å². The summed E-state index contributed by atoms with van der Waals surface area (Å²) in [5.41, 5.74) is 5.76. The Morgan fingerprint density at radius 1 is 1.53 bits per heavy atom. The molecule has 0 aliphatic carbocycles. The van der Waals surface area contributed by atoms with Crippen molar-refractivity contribution in [3.8, 4) is 0 Å². The maximum absolute atomic E-state index is 12.2. The van der Waals surface area contributed by atoms with Crippen molar-refractivity contribution in [3.63, 3.8) is 0 Å². The van der Waals surface area contributed by atoms with Crippen LogP contribution in [0.15, 0.2) is 22.8 Å². The third kappa shape index (κ3) is 3.28. The Labute approximate surface area is 87.8 Å². The summed E-state index contributed by atoms with van der Waals surface area (Å²) in [6.07, 6.45) is -0.854. The number of nitrogens with two attached hydrogens (primary N) is 1. The van der Waals surface area contributed by atoms with Gasteiger partial charge in [-0.05, 0) is 26.1 Å². The van der Waals surface area contributed by atoms with Gasteiger partial charge in [-0.3, -0.25) is 4.90 Å². The molecule has 0 saturated carbocycles. The van der Waals surface area contributed by atoms with Crippen molar-refractivity contribution in [3.05, 3.63) is 24.2 Å². The molecule has 0 amide bonds. The molecule has 2 N–H and O–H groups in total. The van der Waals surface area contributed by atoms with Crippen LogP contribution < -0.4 is 5.73 Å². The minimum absolute atomic E-state index is 0.264. The summed E-state index contributed by atoms with van der Waals surface area (Å²) in [5, 5.41) is 0. The first kappa shape index (κ1) is 12.1. The summed E-state index contributed by atoms with van der Waals surface area (Å²) in [6.45, 7) is 1.46. The third-order valence-corrected chi connectivity index (χ3v) is 2.23. The molecule has 0 spiro atoms. The zero-order valence-electron chi connectivity index (χ0n) is 8.86. The third-order valence-electron chi connectivity index (χ3n) is 2.23.